The van der Waals surface area contributed by atoms with Crippen LogP contribution in [0.4, 0.5) is 0 Å². The second kappa shape index (κ2) is 8.35. The van der Waals surface area contributed by atoms with Crippen LogP contribution in [0.5, 0.6) is 0 Å². The van der Waals surface area contributed by atoms with E-state index in [4.69, 9.17) is 0 Å². The Hall–Kier alpha value is -0.830. The number of hydrogen-bond donors (Lipinski definition) is 6. The molecule has 4 aliphatic rings. The molecule has 3 saturated carbocycles. The summed E-state index contributed by atoms with van der Waals surface area (Å²) in [4.78, 5) is 13.3. The van der Waals surface area contributed by atoms with Gasteiger partial charge in [-0.1, -0.05) is 27.7 Å². The van der Waals surface area contributed by atoms with Gasteiger partial charge >= 0.3 is 0 Å². The van der Waals surface area contributed by atoms with E-state index in [-0.39, 0.29) is 36.4 Å². The van der Waals surface area contributed by atoms with Crippen LogP contribution >= 0.6 is 0 Å². The summed E-state index contributed by atoms with van der Waals surface area (Å²) in [6.07, 6.45) is 0.680. The normalized spacial score (nSPS) is 47.8. The van der Waals surface area contributed by atoms with E-state index >= 15 is 0 Å². The molecule has 0 aromatic heterocycles. The van der Waals surface area contributed by atoms with Crippen LogP contribution in [-0.4, -0.2) is 72.0 Å². The van der Waals surface area contributed by atoms with Crippen molar-refractivity contribution in [2.45, 2.75) is 115 Å². The van der Waals surface area contributed by atoms with Gasteiger partial charge < -0.3 is 30.6 Å². The maximum absolute atomic E-state index is 13.3. The molecule has 0 amide bonds. The van der Waals surface area contributed by atoms with Gasteiger partial charge in [-0.15, -0.1) is 0 Å². The minimum atomic E-state index is -1.52. The molecular weight excluding hydrogens is 436 g/mol. The van der Waals surface area contributed by atoms with Crippen molar-refractivity contribution in [3.05, 3.63) is 11.6 Å². The van der Waals surface area contributed by atoms with E-state index in [0.29, 0.717) is 37.7 Å². The molecule has 0 spiro atoms. The number of hydrogen-bond acceptors (Lipinski definition) is 7. The van der Waals surface area contributed by atoms with Crippen LogP contribution in [0, 0.1) is 34.5 Å². The summed E-state index contributed by atoms with van der Waals surface area (Å²) in [7, 11) is 0. The smallest absolute Gasteiger partial charge is 0.159 e. The minimum Gasteiger partial charge on any atom is -0.393 e. The highest BCUT2D eigenvalue weighted by molar-refractivity contribution is 5.95. The van der Waals surface area contributed by atoms with E-state index in [1.807, 2.05) is 27.7 Å². The Balaban J connectivity index is 1.68. The van der Waals surface area contributed by atoms with E-state index in [1.54, 1.807) is 13.0 Å². The van der Waals surface area contributed by atoms with Crippen molar-refractivity contribution in [3.8, 4) is 0 Å². The molecule has 0 heterocycles. The third-order valence-corrected chi connectivity index (χ3v) is 10.7. The van der Waals surface area contributed by atoms with Crippen LogP contribution in [0.15, 0.2) is 11.6 Å². The third-order valence-electron chi connectivity index (χ3n) is 10.7. The molecule has 11 atom stereocenters. The lowest BCUT2D eigenvalue weighted by molar-refractivity contribution is -0.179. The summed E-state index contributed by atoms with van der Waals surface area (Å²) < 4.78 is 0. The van der Waals surface area contributed by atoms with Crippen molar-refractivity contribution in [2.75, 3.05) is 0 Å². The predicted octanol–water partition coefficient (Wildman–Crippen LogP) is 1.71. The molecule has 0 aromatic rings. The van der Waals surface area contributed by atoms with Crippen LogP contribution in [-0.2, 0) is 4.79 Å². The van der Waals surface area contributed by atoms with Crippen molar-refractivity contribution in [1.82, 2.24) is 0 Å². The molecule has 0 bridgehead atoms. The van der Waals surface area contributed by atoms with Crippen molar-refractivity contribution in [3.63, 3.8) is 0 Å². The summed E-state index contributed by atoms with van der Waals surface area (Å²) in [5.74, 6) is -1.04. The zero-order valence-corrected chi connectivity index (χ0v) is 21.2. The van der Waals surface area contributed by atoms with Gasteiger partial charge in [0, 0.05) is 17.8 Å². The van der Waals surface area contributed by atoms with Gasteiger partial charge in [-0.05, 0) is 80.3 Å². The lowest BCUT2D eigenvalue weighted by atomic mass is 9.45. The van der Waals surface area contributed by atoms with E-state index in [2.05, 4.69) is 0 Å². The van der Waals surface area contributed by atoms with Crippen LogP contribution in [0.1, 0.15) is 79.6 Å². The molecule has 4 rings (SSSR count). The van der Waals surface area contributed by atoms with Gasteiger partial charge in [-0.3, -0.25) is 4.79 Å². The largest absolute Gasteiger partial charge is 0.393 e. The average molecular weight is 481 g/mol. The first kappa shape index (κ1) is 26.2. The molecule has 0 saturated heterocycles. The lowest BCUT2D eigenvalue weighted by Gasteiger charge is -2.60. The van der Waals surface area contributed by atoms with E-state index in [9.17, 15) is 35.4 Å². The second-order valence-corrected chi connectivity index (χ2v) is 12.9. The fourth-order valence-corrected chi connectivity index (χ4v) is 8.28. The van der Waals surface area contributed by atoms with Crippen LogP contribution in [0.2, 0.25) is 0 Å². The predicted molar refractivity (Wildman–Crippen MR) is 127 cm³/mol. The van der Waals surface area contributed by atoms with E-state index in [0.717, 1.165) is 0 Å². The van der Waals surface area contributed by atoms with Gasteiger partial charge in [0.2, 0.25) is 0 Å². The molecule has 0 aliphatic heterocycles. The Morgan fingerprint density at radius 1 is 1.09 bits per heavy atom. The van der Waals surface area contributed by atoms with Gasteiger partial charge in [-0.2, -0.15) is 0 Å². The molecule has 0 aromatic carbocycles. The Labute approximate surface area is 202 Å². The van der Waals surface area contributed by atoms with Gasteiger partial charge in [0.05, 0.1) is 35.6 Å². The molecule has 34 heavy (non-hydrogen) atoms. The maximum Gasteiger partial charge on any atom is 0.159 e. The first-order valence-electron chi connectivity index (χ1n) is 13.0. The van der Waals surface area contributed by atoms with Crippen molar-refractivity contribution in [2.24, 2.45) is 34.5 Å². The summed E-state index contributed by atoms with van der Waals surface area (Å²) in [5.41, 5.74) is -3.41. The molecule has 4 aliphatic carbocycles. The monoisotopic (exact) mass is 480 g/mol. The molecule has 7 nitrogen and oxygen atoms in total. The number of ketones is 1. The lowest BCUT2D eigenvalue weighted by Crippen LogP contribution is -2.63. The van der Waals surface area contributed by atoms with Crippen molar-refractivity contribution >= 4 is 5.78 Å². The number of rotatable bonds is 5. The Bertz CT molecular complexity index is 852. The van der Waals surface area contributed by atoms with Crippen LogP contribution < -0.4 is 0 Å². The Kier molecular flexibility index (Phi) is 6.45. The fraction of sp³-hybridized carbons (Fsp3) is 0.889. The minimum absolute atomic E-state index is 0.0477. The van der Waals surface area contributed by atoms with Gasteiger partial charge in [-0.25, -0.2) is 0 Å². The number of allylic oxidation sites excluding steroid dienone is 1. The van der Waals surface area contributed by atoms with Crippen LogP contribution in [0.3, 0.4) is 0 Å². The highest BCUT2D eigenvalue weighted by atomic mass is 16.3. The van der Waals surface area contributed by atoms with E-state index < -0.39 is 52.4 Å². The summed E-state index contributed by atoms with van der Waals surface area (Å²) in [6.45, 7) is 9.30. The quantitative estimate of drug-likeness (QED) is 0.352. The highest BCUT2D eigenvalue weighted by Gasteiger charge is 2.69. The number of carbonyl (C=O) groups is 1. The zero-order valence-electron chi connectivity index (χ0n) is 21.2. The molecule has 0 unspecified atom stereocenters. The highest BCUT2D eigenvalue weighted by Crippen LogP contribution is 2.68. The molecule has 194 valence electrons. The van der Waals surface area contributed by atoms with Gasteiger partial charge in [0.15, 0.2) is 5.78 Å². The molecule has 3 fully saturated rings. The topological polar surface area (TPSA) is 138 Å². The third kappa shape index (κ3) is 3.57. The molecule has 6 N–H and O–H groups in total. The standard InChI is InChI=1S/C27H44O7/c1-14(2)18(28)12-23(32)26(5,33)22-7-9-27(34)16-10-19(29)17-11-20(30)21(31)13-24(17,3)15(16)6-8-25(22,27)4/h10,14-15,17-18,20-23,28,30-34H,6-9,11-13H2,1-5H3/t15-,17-,18+,20+,21-,22-,23+,24+,25+,26+,27+/m0/s1. The Morgan fingerprint density at radius 2 is 1.74 bits per heavy atom. The first-order valence-corrected chi connectivity index (χ1v) is 13.0. The molecule has 0 radical (unpaired) electrons. The number of aliphatic hydroxyl groups is 6. The van der Waals surface area contributed by atoms with Gasteiger partial charge in [0.1, 0.15) is 0 Å². The van der Waals surface area contributed by atoms with Crippen molar-refractivity contribution < 1.29 is 35.4 Å². The van der Waals surface area contributed by atoms with Crippen LogP contribution in [0.25, 0.3) is 0 Å². The number of aliphatic hydroxyl groups excluding tert-OH is 4. The van der Waals surface area contributed by atoms with Gasteiger partial charge in [0.25, 0.3) is 0 Å². The zero-order chi connectivity index (χ0) is 25.4. The second-order valence-electron chi connectivity index (χ2n) is 12.9. The fourth-order valence-electron chi connectivity index (χ4n) is 8.28. The maximum atomic E-state index is 13.3. The number of carbonyl (C=O) groups excluding carboxylic acids is 1. The SMILES string of the molecule is CC(C)[C@H](O)C[C@@H](O)[C@](C)(O)[C@H]1CC[C@@]2(O)C3=CC(=O)[C@@H]4C[C@@H](O)[C@@H](O)C[C@]4(C)[C@H]3CC[C@]12C. The average Bonchev–Trinajstić information content (AvgIpc) is 3.02. The molecule has 7 heteroatoms. The van der Waals surface area contributed by atoms with E-state index in [1.165, 1.54) is 0 Å². The Morgan fingerprint density at radius 3 is 2.35 bits per heavy atom. The number of fused-ring (bicyclic) bond motifs is 5. The molecular formula is C27H44O7. The van der Waals surface area contributed by atoms with Crippen molar-refractivity contribution in [1.29, 1.82) is 0 Å². The summed E-state index contributed by atoms with van der Waals surface area (Å²) in [6, 6.07) is 0. The first-order chi connectivity index (χ1) is 15.6. The summed E-state index contributed by atoms with van der Waals surface area (Å²) in [5, 5.41) is 65.7. The summed E-state index contributed by atoms with van der Waals surface area (Å²) >= 11 is 0.